The lowest BCUT2D eigenvalue weighted by atomic mass is 10.1. The van der Waals surface area contributed by atoms with Crippen molar-refractivity contribution in [2.24, 2.45) is 5.10 Å². The summed E-state index contributed by atoms with van der Waals surface area (Å²) in [7, 11) is 0. The molecule has 4 nitrogen and oxygen atoms in total. The van der Waals surface area contributed by atoms with Gasteiger partial charge in [-0.1, -0.05) is 58.4 Å². The van der Waals surface area contributed by atoms with Crippen molar-refractivity contribution < 1.29 is 9.90 Å². The van der Waals surface area contributed by atoms with E-state index in [9.17, 15) is 9.90 Å². The number of rotatable bonds is 4. The number of hydrogen-bond acceptors (Lipinski definition) is 3. The predicted octanol–water partition coefficient (Wildman–Crippen LogP) is 3.02. The van der Waals surface area contributed by atoms with Crippen molar-refractivity contribution in [1.82, 2.24) is 5.43 Å². The quantitative estimate of drug-likeness (QED) is 0.660. The number of aliphatic hydroxyl groups is 1. The van der Waals surface area contributed by atoms with Gasteiger partial charge in [0.05, 0.1) is 5.71 Å². The Morgan fingerprint density at radius 1 is 1.14 bits per heavy atom. The van der Waals surface area contributed by atoms with E-state index >= 15 is 0 Å². The summed E-state index contributed by atoms with van der Waals surface area (Å²) in [5.74, 6) is -0.558. The SMILES string of the molecule is C/C(=N\NC(=O)C(O)c1ccccc1)c1ccc(Br)cc1. The highest BCUT2D eigenvalue weighted by atomic mass is 79.9. The van der Waals surface area contributed by atoms with Crippen LogP contribution < -0.4 is 5.43 Å². The molecule has 0 fully saturated rings. The molecule has 0 aromatic heterocycles. The maximum Gasteiger partial charge on any atom is 0.273 e. The average molecular weight is 347 g/mol. The largest absolute Gasteiger partial charge is 0.378 e. The zero-order valence-corrected chi connectivity index (χ0v) is 13.0. The van der Waals surface area contributed by atoms with Crippen LogP contribution >= 0.6 is 15.9 Å². The highest BCUT2D eigenvalue weighted by molar-refractivity contribution is 9.10. The third kappa shape index (κ3) is 4.24. The molecule has 0 heterocycles. The molecule has 2 N–H and O–H groups in total. The fraction of sp³-hybridized carbons (Fsp3) is 0.125. The van der Waals surface area contributed by atoms with Crippen molar-refractivity contribution in [1.29, 1.82) is 0 Å². The van der Waals surface area contributed by atoms with E-state index in [1.165, 1.54) is 0 Å². The molecule has 2 aromatic rings. The van der Waals surface area contributed by atoms with Crippen LogP contribution in [0.2, 0.25) is 0 Å². The molecular weight excluding hydrogens is 332 g/mol. The first-order chi connectivity index (χ1) is 10.1. The van der Waals surface area contributed by atoms with Crippen molar-refractivity contribution in [3.05, 3.63) is 70.2 Å². The number of nitrogens with zero attached hydrogens (tertiary/aromatic N) is 1. The van der Waals surface area contributed by atoms with Gasteiger partial charge in [-0.2, -0.15) is 5.10 Å². The molecule has 0 radical (unpaired) electrons. The van der Waals surface area contributed by atoms with Crippen LogP contribution in [0, 0.1) is 0 Å². The summed E-state index contributed by atoms with van der Waals surface area (Å²) in [4.78, 5) is 11.9. The fourth-order valence-electron chi connectivity index (χ4n) is 1.74. The van der Waals surface area contributed by atoms with E-state index in [1.807, 2.05) is 30.3 Å². The third-order valence-corrected chi connectivity index (χ3v) is 3.49. The highest BCUT2D eigenvalue weighted by Crippen LogP contribution is 2.13. The molecular formula is C16H15BrN2O2. The standard InChI is InChI=1S/C16H15BrN2O2/c1-11(12-7-9-14(17)10-8-12)18-19-16(21)15(20)13-5-3-2-4-6-13/h2-10,15,20H,1H3,(H,19,21)/b18-11+. The fourth-order valence-corrected chi connectivity index (χ4v) is 2.01. The Morgan fingerprint density at radius 3 is 2.38 bits per heavy atom. The van der Waals surface area contributed by atoms with E-state index in [4.69, 9.17) is 0 Å². The molecule has 0 aliphatic heterocycles. The van der Waals surface area contributed by atoms with Gasteiger partial charge in [0.2, 0.25) is 0 Å². The second-order valence-corrected chi connectivity index (χ2v) is 5.41. The highest BCUT2D eigenvalue weighted by Gasteiger charge is 2.16. The van der Waals surface area contributed by atoms with Gasteiger partial charge < -0.3 is 5.11 Å². The van der Waals surface area contributed by atoms with E-state index in [0.717, 1.165) is 10.0 Å². The van der Waals surface area contributed by atoms with Gasteiger partial charge in [-0.05, 0) is 30.2 Å². The maximum absolute atomic E-state index is 11.9. The third-order valence-electron chi connectivity index (χ3n) is 2.96. The minimum absolute atomic E-state index is 0.534. The molecule has 21 heavy (non-hydrogen) atoms. The number of aliphatic hydroxyl groups excluding tert-OH is 1. The summed E-state index contributed by atoms with van der Waals surface area (Å²) >= 11 is 3.36. The summed E-state index contributed by atoms with van der Waals surface area (Å²) < 4.78 is 0.975. The second kappa shape index (κ2) is 7.15. The summed E-state index contributed by atoms with van der Waals surface area (Å²) in [6.45, 7) is 1.79. The Kier molecular flexibility index (Phi) is 5.25. The van der Waals surface area contributed by atoms with Crippen molar-refractivity contribution in [3.8, 4) is 0 Å². The van der Waals surface area contributed by atoms with Crippen LogP contribution in [0.3, 0.4) is 0 Å². The number of hydrazone groups is 1. The Labute approximate surface area is 131 Å². The maximum atomic E-state index is 11.9. The summed E-state index contributed by atoms with van der Waals surface area (Å²) in [5, 5.41) is 13.9. The van der Waals surface area contributed by atoms with Gasteiger partial charge in [0.15, 0.2) is 6.10 Å². The Hall–Kier alpha value is -1.98. The summed E-state index contributed by atoms with van der Waals surface area (Å²) in [6, 6.07) is 16.3. The van der Waals surface area contributed by atoms with Crippen LogP contribution in [-0.2, 0) is 4.79 Å². The van der Waals surface area contributed by atoms with Gasteiger partial charge in [-0.15, -0.1) is 0 Å². The molecule has 108 valence electrons. The van der Waals surface area contributed by atoms with E-state index in [-0.39, 0.29) is 0 Å². The molecule has 1 atom stereocenters. The van der Waals surface area contributed by atoms with Crippen LogP contribution in [-0.4, -0.2) is 16.7 Å². The molecule has 1 unspecified atom stereocenters. The number of carbonyl (C=O) groups excluding carboxylic acids is 1. The van der Waals surface area contributed by atoms with Gasteiger partial charge >= 0.3 is 0 Å². The second-order valence-electron chi connectivity index (χ2n) is 4.49. The lowest BCUT2D eigenvalue weighted by Gasteiger charge is -2.09. The molecule has 1 amide bonds. The van der Waals surface area contributed by atoms with Crippen LogP contribution in [0.1, 0.15) is 24.2 Å². The van der Waals surface area contributed by atoms with E-state index < -0.39 is 12.0 Å². The molecule has 0 saturated heterocycles. The predicted molar refractivity (Wildman–Crippen MR) is 85.9 cm³/mol. The van der Waals surface area contributed by atoms with Gasteiger partial charge in [-0.3, -0.25) is 4.79 Å². The smallest absolute Gasteiger partial charge is 0.273 e. The van der Waals surface area contributed by atoms with Crippen molar-refractivity contribution in [3.63, 3.8) is 0 Å². The van der Waals surface area contributed by atoms with E-state index in [0.29, 0.717) is 11.3 Å². The zero-order chi connectivity index (χ0) is 15.2. The molecule has 2 rings (SSSR count). The molecule has 0 bridgehead atoms. The molecule has 0 aliphatic rings. The Morgan fingerprint density at radius 2 is 1.76 bits per heavy atom. The van der Waals surface area contributed by atoms with E-state index in [2.05, 4.69) is 26.5 Å². The number of nitrogens with one attached hydrogen (secondary N) is 1. The number of halogens is 1. The van der Waals surface area contributed by atoms with Crippen LogP contribution in [0.15, 0.2) is 64.2 Å². The molecule has 2 aromatic carbocycles. The van der Waals surface area contributed by atoms with Gasteiger partial charge in [0.1, 0.15) is 0 Å². The van der Waals surface area contributed by atoms with Gasteiger partial charge in [0, 0.05) is 4.47 Å². The monoisotopic (exact) mass is 346 g/mol. The molecule has 0 spiro atoms. The normalized spacial score (nSPS) is 12.8. The zero-order valence-electron chi connectivity index (χ0n) is 11.5. The van der Waals surface area contributed by atoms with Gasteiger partial charge in [0.25, 0.3) is 5.91 Å². The molecule has 0 aliphatic carbocycles. The van der Waals surface area contributed by atoms with Crippen LogP contribution in [0.5, 0.6) is 0 Å². The number of carbonyl (C=O) groups is 1. The first kappa shape index (κ1) is 15.4. The molecule has 5 heteroatoms. The summed E-state index contributed by atoms with van der Waals surface area (Å²) in [6.07, 6.45) is -1.23. The van der Waals surface area contributed by atoms with Crippen molar-refractivity contribution >= 4 is 27.5 Å². The molecule has 0 saturated carbocycles. The Balaban J connectivity index is 2.03. The van der Waals surface area contributed by atoms with Crippen LogP contribution in [0.4, 0.5) is 0 Å². The lowest BCUT2D eigenvalue weighted by Crippen LogP contribution is -2.26. The lowest BCUT2D eigenvalue weighted by molar-refractivity contribution is -0.129. The van der Waals surface area contributed by atoms with Gasteiger partial charge in [-0.25, -0.2) is 5.43 Å². The van der Waals surface area contributed by atoms with E-state index in [1.54, 1.807) is 31.2 Å². The summed E-state index contributed by atoms with van der Waals surface area (Å²) in [5.41, 5.74) is 4.47. The van der Waals surface area contributed by atoms with Crippen LogP contribution in [0.25, 0.3) is 0 Å². The number of amides is 1. The Bertz CT molecular complexity index is 639. The average Bonchev–Trinajstić information content (AvgIpc) is 2.53. The first-order valence-electron chi connectivity index (χ1n) is 6.41. The van der Waals surface area contributed by atoms with Crippen molar-refractivity contribution in [2.75, 3.05) is 0 Å². The minimum atomic E-state index is -1.23. The first-order valence-corrected chi connectivity index (χ1v) is 7.20. The topological polar surface area (TPSA) is 61.7 Å². The van der Waals surface area contributed by atoms with Crippen molar-refractivity contribution in [2.45, 2.75) is 13.0 Å². The number of benzene rings is 2. The minimum Gasteiger partial charge on any atom is -0.378 e. The number of hydrogen-bond donors (Lipinski definition) is 2.